The highest BCUT2D eigenvalue weighted by Crippen LogP contribution is 2.34. The molecule has 0 aliphatic heterocycles. The van der Waals surface area contributed by atoms with Gasteiger partial charge in [0, 0.05) is 5.56 Å². The summed E-state index contributed by atoms with van der Waals surface area (Å²) < 4.78 is 10.7. The number of ketones is 1. The van der Waals surface area contributed by atoms with Crippen molar-refractivity contribution in [3.8, 4) is 0 Å². The molecule has 0 radical (unpaired) electrons. The number of carbonyl (C=O) groups excluding carboxylic acids is 1. The van der Waals surface area contributed by atoms with Gasteiger partial charge in [0.1, 0.15) is 0 Å². The standard InChI is InChI=1S/C12H15O4P/c1-9-5-3-4-6-11(9)12(13)10(2)7-8-17(14,15)16/h3-7H,8H2,1-2H3,(H2,14,15,16). The summed E-state index contributed by atoms with van der Waals surface area (Å²) in [6, 6.07) is 7.12. The zero-order valence-corrected chi connectivity index (χ0v) is 10.6. The van der Waals surface area contributed by atoms with Crippen molar-refractivity contribution in [2.24, 2.45) is 0 Å². The molecule has 0 aromatic heterocycles. The van der Waals surface area contributed by atoms with Crippen LogP contribution in [-0.2, 0) is 4.57 Å². The zero-order valence-electron chi connectivity index (χ0n) is 9.75. The van der Waals surface area contributed by atoms with E-state index in [0.29, 0.717) is 11.1 Å². The molecule has 2 N–H and O–H groups in total. The monoisotopic (exact) mass is 254 g/mol. The second-order valence-corrected chi connectivity index (χ2v) is 5.57. The number of benzene rings is 1. The molecule has 5 heteroatoms. The van der Waals surface area contributed by atoms with Gasteiger partial charge in [-0.3, -0.25) is 9.36 Å². The van der Waals surface area contributed by atoms with Crippen LogP contribution in [0.1, 0.15) is 22.8 Å². The Morgan fingerprint density at radius 1 is 1.35 bits per heavy atom. The summed E-state index contributed by atoms with van der Waals surface area (Å²) in [5.74, 6) is -0.198. The van der Waals surface area contributed by atoms with Gasteiger partial charge in [0.15, 0.2) is 5.78 Å². The molecule has 1 rings (SSSR count). The summed E-state index contributed by atoms with van der Waals surface area (Å²) in [4.78, 5) is 29.4. The minimum Gasteiger partial charge on any atom is -0.324 e. The van der Waals surface area contributed by atoms with Crippen molar-refractivity contribution in [2.45, 2.75) is 13.8 Å². The first-order chi connectivity index (χ1) is 7.81. The topological polar surface area (TPSA) is 74.6 Å². The van der Waals surface area contributed by atoms with Crippen molar-refractivity contribution >= 4 is 13.4 Å². The normalized spacial score (nSPS) is 12.6. The molecule has 17 heavy (non-hydrogen) atoms. The fourth-order valence-electron chi connectivity index (χ4n) is 1.39. The van der Waals surface area contributed by atoms with Crippen molar-refractivity contribution in [3.05, 3.63) is 47.0 Å². The summed E-state index contributed by atoms with van der Waals surface area (Å²) >= 11 is 0. The quantitative estimate of drug-likeness (QED) is 0.491. The van der Waals surface area contributed by atoms with Crippen LogP contribution in [0.25, 0.3) is 0 Å². The molecule has 0 saturated heterocycles. The van der Waals surface area contributed by atoms with E-state index in [0.717, 1.165) is 5.56 Å². The van der Waals surface area contributed by atoms with Crippen LogP contribution < -0.4 is 0 Å². The van der Waals surface area contributed by atoms with Crippen molar-refractivity contribution in [3.63, 3.8) is 0 Å². The van der Waals surface area contributed by atoms with Gasteiger partial charge in [0.2, 0.25) is 0 Å². The highest BCUT2D eigenvalue weighted by Gasteiger charge is 2.14. The number of aryl methyl sites for hydroxylation is 1. The first-order valence-electron chi connectivity index (χ1n) is 5.13. The van der Waals surface area contributed by atoms with E-state index in [9.17, 15) is 9.36 Å². The molecule has 0 amide bonds. The first-order valence-corrected chi connectivity index (χ1v) is 6.92. The van der Waals surface area contributed by atoms with E-state index in [4.69, 9.17) is 9.79 Å². The fraction of sp³-hybridized carbons (Fsp3) is 0.250. The predicted molar refractivity (Wildman–Crippen MR) is 66.2 cm³/mol. The van der Waals surface area contributed by atoms with Crippen molar-refractivity contribution in [1.29, 1.82) is 0 Å². The molecular weight excluding hydrogens is 239 g/mol. The molecule has 0 aliphatic rings. The maximum Gasteiger partial charge on any atom is 0.329 e. The maximum atomic E-state index is 12.0. The number of hydrogen-bond donors (Lipinski definition) is 2. The molecule has 0 unspecified atom stereocenters. The lowest BCUT2D eigenvalue weighted by Gasteiger charge is -2.05. The number of Topliss-reactive ketones (excluding diaryl/α,β-unsaturated/α-hetero) is 1. The fourth-order valence-corrected chi connectivity index (χ4v) is 1.90. The van der Waals surface area contributed by atoms with E-state index >= 15 is 0 Å². The Morgan fingerprint density at radius 3 is 2.47 bits per heavy atom. The summed E-state index contributed by atoms with van der Waals surface area (Å²) in [6.45, 7) is 3.38. The van der Waals surface area contributed by atoms with Crippen LogP contribution in [0, 0.1) is 6.92 Å². The lowest BCUT2D eigenvalue weighted by molar-refractivity contribution is 0.103. The highest BCUT2D eigenvalue weighted by atomic mass is 31.2. The number of hydrogen-bond acceptors (Lipinski definition) is 2. The van der Waals surface area contributed by atoms with Gasteiger partial charge in [-0.05, 0) is 25.0 Å². The first kappa shape index (κ1) is 13.8. The predicted octanol–water partition coefficient (Wildman–Crippen LogP) is 2.30. The van der Waals surface area contributed by atoms with Crippen molar-refractivity contribution in [1.82, 2.24) is 0 Å². The van der Waals surface area contributed by atoms with Gasteiger partial charge in [-0.1, -0.05) is 30.3 Å². The van der Waals surface area contributed by atoms with Gasteiger partial charge >= 0.3 is 7.60 Å². The van der Waals surface area contributed by atoms with Crippen molar-refractivity contribution < 1.29 is 19.1 Å². The Hall–Kier alpha value is -1.22. The maximum absolute atomic E-state index is 12.0. The van der Waals surface area contributed by atoms with E-state index in [1.165, 1.54) is 6.08 Å². The van der Waals surface area contributed by atoms with Gasteiger partial charge in [-0.2, -0.15) is 0 Å². The van der Waals surface area contributed by atoms with Gasteiger partial charge in [0.05, 0.1) is 6.16 Å². The molecule has 1 aromatic rings. The minimum atomic E-state index is -4.09. The molecule has 0 saturated carbocycles. The third-order valence-corrected chi connectivity index (χ3v) is 3.04. The van der Waals surface area contributed by atoms with E-state index in [-0.39, 0.29) is 5.78 Å². The van der Waals surface area contributed by atoms with Crippen LogP contribution in [0.5, 0.6) is 0 Å². The molecule has 0 heterocycles. The summed E-state index contributed by atoms with van der Waals surface area (Å²) in [6.07, 6.45) is 0.881. The Balaban J connectivity index is 2.91. The van der Waals surface area contributed by atoms with Crippen LogP contribution in [0.3, 0.4) is 0 Å². The average Bonchev–Trinajstić information content (AvgIpc) is 2.24. The number of allylic oxidation sites excluding steroid dienone is 2. The third-order valence-electron chi connectivity index (χ3n) is 2.38. The van der Waals surface area contributed by atoms with Crippen LogP contribution in [-0.4, -0.2) is 21.7 Å². The van der Waals surface area contributed by atoms with Crippen LogP contribution in [0.2, 0.25) is 0 Å². The molecule has 0 aliphatic carbocycles. The zero-order chi connectivity index (χ0) is 13.1. The summed E-state index contributed by atoms with van der Waals surface area (Å²) in [5, 5.41) is 0. The third kappa shape index (κ3) is 4.27. The molecule has 1 aromatic carbocycles. The molecule has 4 nitrogen and oxygen atoms in total. The van der Waals surface area contributed by atoms with Gasteiger partial charge in [-0.25, -0.2) is 0 Å². The second kappa shape index (κ2) is 5.41. The van der Waals surface area contributed by atoms with Crippen LogP contribution in [0.4, 0.5) is 0 Å². The van der Waals surface area contributed by atoms with Gasteiger partial charge in [-0.15, -0.1) is 0 Å². The SMILES string of the molecule is CC(=CCP(=O)(O)O)C(=O)c1ccccc1C. The number of carbonyl (C=O) groups is 1. The van der Waals surface area contributed by atoms with Crippen LogP contribution in [0.15, 0.2) is 35.9 Å². The van der Waals surface area contributed by atoms with E-state index in [1.54, 1.807) is 19.1 Å². The molecule has 92 valence electrons. The molecule has 0 spiro atoms. The largest absolute Gasteiger partial charge is 0.329 e. The Labute approximate surface area is 100 Å². The minimum absolute atomic E-state index is 0.198. The molecule has 0 fully saturated rings. The lowest BCUT2D eigenvalue weighted by Crippen LogP contribution is -2.03. The molecule has 0 atom stereocenters. The van der Waals surface area contributed by atoms with Gasteiger partial charge < -0.3 is 9.79 Å². The van der Waals surface area contributed by atoms with E-state index < -0.39 is 13.8 Å². The highest BCUT2D eigenvalue weighted by molar-refractivity contribution is 7.51. The average molecular weight is 254 g/mol. The molecular formula is C12H15O4P. The Kier molecular flexibility index (Phi) is 4.40. The summed E-state index contributed by atoms with van der Waals surface area (Å²) in [5.41, 5.74) is 1.76. The van der Waals surface area contributed by atoms with Gasteiger partial charge in [0.25, 0.3) is 0 Å². The molecule has 0 bridgehead atoms. The van der Waals surface area contributed by atoms with Crippen LogP contribution >= 0.6 is 7.60 Å². The van der Waals surface area contributed by atoms with Crippen molar-refractivity contribution in [2.75, 3.05) is 6.16 Å². The Morgan fingerprint density at radius 2 is 1.94 bits per heavy atom. The van der Waals surface area contributed by atoms with E-state index in [1.807, 2.05) is 19.1 Å². The Bertz CT molecular complexity index is 499. The second-order valence-electron chi connectivity index (χ2n) is 3.88. The van der Waals surface area contributed by atoms with E-state index in [2.05, 4.69) is 0 Å². The summed E-state index contributed by atoms with van der Waals surface area (Å²) in [7, 11) is -4.09. The number of rotatable bonds is 4. The lowest BCUT2D eigenvalue weighted by atomic mass is 10.0. The smallest absolute Gasteiger partial charge is 0.324 e.